The molecule has 1 N–H and O–H groups in total. The number of hydrazone groups is 1. The molecule has 0 aliphatic rings. The number of nitrogens with one attached hydrogen (secondary N) is 1. The number of nitro groups is 1. The van der Waals surface area contributed by atoms with Crippen LogP contribution in [-0.4, -0.2) is 23.7 Å². The van der Waals surface area contributed by atoms with E-state index in [1.807, 2.05) is 37.3 Å². The number of nitrogens with zero attached hydrogens (tertiary/aromatic N) is 2. The first-order valence-corrected chi connectivity index (χ1v) is 12.3. The Kier molecular flexibility index (Phi) is 9.22. The maximum absolute atomic E-state index is 12.8. The van der Waals surface area contributed by atoms with Crippen LogP contribution in [0.25, 0.3) is 0 Å². The van der Waals surface area contributed by atoms with Gasteiger partial charge in [0.2, 0.25) is 0 Å². The lowest BCUT2D eigenvalue weighted by atomic mass is 10.2. The van der Waals surface area contributed by atoms with Crippen LogP contribution in [0.4, 0.5) is 5.69 Å². The Labute approximate surface area is 225 Å². The van der Waals surface area contributed by atoms with Crippen LogP contribution in [0.1, 0.15) is 34.0 Å². The number of benzene rings is 4. The van der Waals surface area contributed by atoms with Gasteiger partial charge in [-0.3, -0.25) is 14.9 Å². The number of hydrogen-bond acceptors (Lipinski definition) is 7. The van der Waals surface area contributed by atoms with Crippen LogP contribution in [0.5, 0.6) is 17.2 Å². The summed E-state index contributed by atoms with van der Waals surface area (Å²) in [6.07, 6.45) is 1.51. The molecule has 4 aromatic carbocycles. The summed E-state index contributed by atoms with van der Waals surface area (Å²) in [7, 11) is 0. The van der Waals surface area contributed by atoms with E-state index >= 15 is 0 Å². The van der Waals surface area contributed by atoms with Gasteiger partial charge in [0, 0.05) is 12.1 Å². The van der Waals surface area contributed by atoms with Gasteiger partial charge in [-0.2, -0.15) is 5.10 Å². The van der Waals surface area contributed by atoms with Gasteiger partial charge in [0.25, 0.3) is 11.6 Å². The lowest BCUT2D eigenvalue weighted by Crippen LogP contribution is -2.18. The second-order valence-corrected chi connectivity index (χ2v) is 8.32. The van der Waals surface area contributed by atoms with E-state index in [9.17, 15) is 14.9 Å². The van der Waals surface area contributed by atoms with E-state index in [4.69, 9.17) is 14.2 Å². The second-order valence-electron chi connectivity index (χ2n) is 8.32. The fraction of sp³-hybridized carbons (Fsp3) is 0.133. The zero-order valence-corrected chi connectivity index (χ0v) is 21.3. The molecule has 0 atom stereocenters. The van der Waals surface area contributed by atoms with Gasteiger partial charge in [-0.25, -0.2) is 5.43 Å². The van der Waals surface area contributed by atoms with Crippen molar-refractivity contribution in [3.63, 3.8) is 0 Å². The molecule has 0 aliphatic carbocycles. The standard InChI is InChI=1S/C30H27N3O6/c1-2-37-29-18-24(14-17-28(29)39-21-23-12-15-25(16-13-23)33(35)36)19-31-32-30(34)26-10-6-7-11-27(26)38-20-22-8-4-3-5-9-22/h3-19H,2,20-21H2,1H3,(H,32,34)/b31-19+. The van der Waals surface area contributed by atoms with Crippen molar-refractivity contribution in [1.29, 1.82) is 0 Å². The minimum absolute atomic E-state index is 0.0210. The third-order valence-corrected chi connectivity index (χ3v) is 5.56. The van der Waals surface area contributed by atoms with Crippen molar-refractivity contribution in [2.75, 3.05) is 6.61 Å². The van der Waals surface area contributed by atoms with Crippen molar-refractivity contribution in [1.82, 2.24) is 5.43 Å². The topological polar surface area (TPSA) is 112 Å². The number of para-hydroxylation sites is 1. The van der Waals surface area contributed by atoms with Crippen LogP contribution in [0.3, 0.4) is 0 Å². The normalized spacial score (nSPS) is 10.7. The van der Waals surface area contributed by atoms with Gasteiger partial charge in [0.1, 0.15) is 19.0 Å². The number of amides is 1. The predicted molar refractivity (Wildman–Crippen MR) is 147 cm³/mol. The molecule has 198 valence electrons. The van der Waals surface area contributed by atoms with Crippen molar-refractivity contribution < 1.29 is 23.9 Å². The smallest absolute Gasteiger partial charge is 0.275 e. The third kappa shape index (κ3) is 7.65. The van der Waals surface area contributed by atoms with E-state index < -0.39 is 10.8 Å². The zero-order valence-electron chi connectivity index (χ0n) is 21.3. The van der Waals surface area contributed by atoms with Crippen molar-refractivity contribution in [3.05, 3.63) is 129 Å². The molecule has 39 heavy (non-hydrogen) atoms. The molecule has 4 aromatic rings. The zero-order chi connectivity index (χ0) is 27.5. The first-order valence-electron chi connectivity index (χ1n) is 12.3. The van der Waals surface area contributed by atoms with E-state index in [2.05, 4.69) is 10.5 Å². The number of carbonyl (C=O) groups excluding carboxylic acids is 1. The molecule has 0 radical (unpaired) electrons. The van der Waals surface area contributed by atoms with Crippen LogP contribution in [0.15, 0.2) is 102 Å². The molecule has 9 heteroatoms. The highest BCUT2D eigenvalue weighted by molar-refractivity contribution is 5.97. The number of nitro benzene ring substituents is 1. The molecule has 0 bridgehead atoms. The summed E-state index contributed by atoms with van der Waals surface area (Å²) in [5.41, 5.74) is 5.40. The summed E-state index contributed by atoms with van der Waals surface area (Å²) in [5.74, 6) is 1.08. The summed E-state index contributed by atoms with van der Waals surface area (Å²) in [4.78, 5) is 23.2. The van der Waals surface area contributed by atoms with E-state index in [1.54, 1.807) is 54.6 Å². The molecule has 0 saturated carbocycles. The fourth-order valence-electron chi connectivity index (χ4n) is 3.61. The van der Waals surface area contributed by atoms with Gasteiger partial charge in [-0.15, -0.1) is 0 Å². The maximum Gasteiger partial charge on any atom is 0.275 e. The van der Waals surface area contributed by atoms with Crippen molar-refractivity contribution in [2.45, 2.75) is 20.1 Å². The Morgan fingerprint density at radius 1 is 0.821 bits per heavy atom. The van der Waals surface area contributed by atoms with Gasteiger partial charge in [0.15, 0.2) is 11.5 Å². The second kappa shape index (κ2) is 13.4. The van der Waals surface area contributed by atoms with Gasteiger partial charge >= 0.3 is 0 Å². The van der Waals surface area contributed by atoms with E-state index in [1.165, 1.54) is 18.3 Å². The molecular weight excluding hydrogens is 498 g/mol. The minimum Gasteiger partial charge on any atom is -0.490 e. The molecule has 0 spiro atoms. The number of ether oxygens (including phenoxy) is 3. The van der Waals surface area contributed by atoms with Crippen LogP contribution >= 0.6 is 0 Å². The first-order chi connectivity index (χ1) is 19.0. The van der Waals surface area contributed by atoms with Gasteiger partial charge < -0.3 is 14.2 Å². The largest absolute Gasteiger partial charge is 0.490 e. The molecular formula is C30H27N3O6. The number of rotatable bonds is 12. The van der Waals surface area contributed by atoms with E-state index in [0.29, 0.717) is 41.6 Å². The third-order valence-electron chi connectivity index (χ3n) is 5.56. The average Bonchev–Trinajstić information content (AvgIpc) is 2.96. The molecule has 0 aromatic heterocycles. The van der Waals surface area contributed by atoms with Gasteiger partial charge in [-0.05, 0) is 66.1 Å². The molecule has 9 nitrogen and oxygen atoms in total. The quantitative estimate of drug-likeness (QED) is 0.140. The molecule has 4 rings (SSSR count). The first kappa shape index (κ1) is 26.9. The van der Waals surface area contributed by atoms with Gasteiger partial charge in [-0.1, -0.05) is 42.5 Å². The number of carbonyl (C=O) groups is 1. The summed E-state index contributed by atoms with van der Waals surface area (Å²) in [6.45, 7) is 2.84. The summed E-state index contributed by atoms with van der Waals surface area (Å²) < 4.78 is 17.5. The summed E-state index contributed by atoms with van der Waals surface area (Å²) >= 11 is 0. The fourth-order valence-corrected chi connectivity index (χ4v) is 3.61. The molecule has 0 unspecified atom stereocenters. The van der Waals surface area contributed by atoms with Crippen LogP contribution in [-0.2, 0) is 13.2 Å². The van der Waals surface area contributed by atoms with Gasteiger partial charge in [0.05, 0.1) is 23.3 Å². The highest BCUT2D eigenvalue weighted by Gasteiger charge is 2.12. The van der Waals surface area contributed by atoms with Crippen molar-refractivity contribution in [2.24, 2.45) is 5.10 Å². The maximum atomic E-state index is 12.8. The Hall–Kier alpha value is -5.18. The Morgan fingerprint density at radius 3 is 2.21 bits per heavy atom. The van der Waals surface area contributed by atoms with Crippen molar-refractivity contribution >= 4 is 17.8 Å². The predicted octanol–water partition coefficient (Wildman–Crippen LogP) is 5.92. The lowest BCUT2D eigenvalue weighted by Gasteiger charge is -2.13. The average molecular weight is 526 g/mol. The summed E-state index contributed by atoms with van der Waals surface area (Å²) in [6, 6.07) is 28.1. The highest BCUT2D eigenvalue weighted by atomic mass is 16.6. The highest BCUT2D eigenvalue weighted by Crippen LogP contribution is 2.29. The molecule has 0 fully saturated rings. The minimum atomic E-state index is -0.445. The summed E-state index contributed by atoms with van der Waals surface area (Å²) in [5, 5.41) is 14.9. The molecule has 0 heterocycles. The molecule has 1 amide bonds. The number of hydrogen-bond donors (Lipinski definition) is 1. The molecule has 0 aliphatic heterocycles. The monoisotopic (exact) mass is 525 g/mol. The Bertz CT molecular complexity index is 1440. The van der Waals surface area contributed by atoms with Crippen LogP contribution < -0.4 is 19.6 Å². The SMILES string of the molecule is CCOc1cc(/C=N/NC(=O)c2ccccc2OCc2ccccc2)ccc1OCc1ccc([N+](=O)[O-])cc1. The van der Waals surface area contributed by atoms with Crippen LogP contribution in [0, 0.1) is 10.1 Å². The van der Waals surface area contributed by atoms with Crippen molar-refractivity contribution in [3.8, 4) is 17.2 Å². The van der Waals surface area contributed by atoms with E-state index in [-0.39, 0.29) is 12.3 Å². The molecule has 0 saturated heterocycles. The lowest BCUT2D eigenvalue weighted by molar-refractivity contribution is -0.384. The Balaban J connectivity index is 1.38. The Morgan fingerprint density at radius 2 is 1.49 bits per heavy atom. The number of non-ortho nitro benzene ring substituents is 1. The van der Waals surface area contributed by atoms with Crippen LogP contribution in [0.2, 0.25) is 0 Å². The van der Waals surface area contributed by atoms with E-state index in [0.717, 1.165) is 11.1 Å².